The summed E-state index contributed by atoms with van der Waals surface area (Å²) in [5.41, 5.74) is 3.57. The molecule has 1 aliphatic heterocycles. The molecule has 4 rings (SSSR count). The molecule has 2 N–H and O–H groups in total. The van der Waals surface area contributed by atoms with E-state index in [4.69, 9.17) is 0 Å². The number of imidazole rings is 1. The van der Waals surface area contributed by atoms with Crippen molar-refractivity contribution in [3.63, 3.8) is 0 Å². The third-order valence-corrected chi connectivity index (χ3v) is 4.80. The summed E-state index contributed by atoms with van der Waals surface area (Å²) in [4.78, 5) is 8.30. The second-order valence-corrected chi connectivity index (χ2v) is 6.27. The van der Waals surface area contributed by atoms with Crippen molar-refractivity contribution >= 4 is 21.8 Å². The van der Waals surface area contributed by atoms with Gasteiger partial charge in [-0.3, -0.25) is 0 Å². The highest BCUT2D eigenvalue weighted by Gasteiger charge is 2.20. The number of aromatic nitrogens is 2. The van der Waals surface area contributed by atoms with Gasteiger partial charge in [-0.1, -0.05) is 36.4 Å². The molecule has 1 aromatic carbocycles. The van der Waals surface area contributed by atoms with Crippen molar-refractivity contribution < 1.29 is 4.21 Å². The quantitative estimate of drug-likeness (QED) is 0.896. The first-order valence-corrected chi connectivity index (χ1v) is 8.07. The van der Waals surface area contributed by atoms with Gasteiger partial charge in [0, 0.05) is 6.20 Å². The Labute approximate surface area is 130 Å². The molecule has 1 atom stereocenters. The Hall–Kier alpha value is -2.66. The monoisotopic (exact) mass is 307 g/mol. The van der Waals surface area contributed by atoms with E-state index in [1.165, 1.54) is 0 Å². The molecule has 0 fully saturated rings. The van der Waals surface area contributed by atoms with Crippen molar-refractivity contribution in [3.8, 4) is 0 Å². The molecule has 1 aliphatic carbocycles. The van der Waals surface area contributed by atoms with Crippen LogP contribution in [0.2, 0.25) is 0 Å². The summed E-state index contributed by atoms with van der Waals surface area (Å²) in [6.07, 6.45) is 13.4. The molecule has 0 amide bonds. The van der Waals surface area contributed by atoms with E-state index in [0.29, 0.717) is 10.1 Å². The second-order valence-electron chi connectivity index (χ2n) is 4.91. The maximum absolute atomic E-state index is 13.0. The van der Waals surface area contributed by atoms with Gasteiger partial charge in [0.15, 0.2) is 0 Å². The zero-order valence-electron chi connectivity index (χ0n) is 11.6. The summed E-state index contributed by atoms with van der Waals surface area (Å²) in [6, 6.07) is 7.68. The number of dihydropyridines is 1. The molecule has 0 spiro atoms. The van der Waals surface area contributed by atoms with Crippen LogP contribution in [0.4, 0.5) is 0 Å². The maximum Gasteiger partial charge on any atom is 0.202 e. The Morgan fingerprint density at radius 1 is 1.05 bits per heavy atom. The minimum atomic E-state index is -1.38. The van der Waals surface area contributed by atoms with E-state index in [2.05, 4.69) is 15.3 Å². The highest BCUT2D eigenvalue weighted by molar-refractivity contribution is 7.89. The first-order chi connectivity index (χ1) is 10.8. The van der Waals surface area contributed by atoms with Gasteiger partial charge in [-0.05, 0) is 29.9 Å². The van der Waals surface area contributed by atoms with Gasteiger partial charge < -0.3 is 10.3 Å². The van der Waals surface area contributed by atoms with Crippen molar-refractivity contribution in [1.82, 2.24) is 15.3 Å². The lowest BCUT2D eigenvalue weighted by Crippen LogP contribution is -2.14. The van der Waals surface area contributed by atoms with Crippen molar-refractivity contribution in [3.05, 3.63) is 83.1 Å². The maximum atomic E-state index is 13.0. The fourth-order valence-corrected chi connectivity index (χ4v) is 3.62. The van der Waals surface area contributed by atoms with Crippen molar-refractivity contribution in [1.29, 1.82) is 0 Å². The molecule has 108 valence electrons. The van der Waals surface area contributed by atoms with Gasteiger partial charge in [-0.15, -0.1) is 0 Å². The third kappa shape index (κ3) is 2.16. The Balaban J connectivity index is 1.83. The number of hydrogen-bond acceptors (Lipinski definition) is 3. The lowest BCUT2D eigenvalue weighted by molar-refractivity contribution is 0.682. The summed E-state index contributed by atoms with van der Waals surface area (Å²) >= 11 is 0. The fraction of sp³-hybridized carbons (Fsp3) is 0. The molecular weight excluding hydrogens is 294 g/mol. The lowest BCUT2D eigenvalue weighted by Gasteiger charge is -2.14. The average molecular weight is 307 g/mol. The fourth-order valence-electron chi connectivity index (χ4n) is 2.46. The van der Waals surface area contributed by atoms with Gasteiger partial charge in [0.2, 0.25) is 5.16 Å². The number of benzene rings is 1. The van der Waals surface area contributed by atoms with Gasteiger partial charge in [0.05, 0.1) is 21.6 Å². The number of allylic oxidation sites excluding steroid dienone is 6. The molecule has 5 heteroatoms. The van der Waals surface area contributed by atoms with E-state index >= 15 is 0 Å². The lowest BCUT2D eigenvalue weighted by atomic mass is 10.1. The zero-order valence-corrected chi connectivity index (χ0v) is 12.4. The summed E-state index contributed by atoms with van der Waals surface area (Å²) < 4.78 is 13.0. The zero-order chi connectivity index (χ0) is 14.9. The number of nitrogens with zero attached hydrogens (tertiary/aromatic N) is 1. The van der Waals surface area contributed by atoms with Crippen LogP contribution in [-0.4, -0.2) is 14.2 Å². The molecule has 2 heterocycles. The van der Waals surface area contributed by atoms with Crippen molar-refractivity contribution in [2.75, 3.05) is 0 Å². The second kappa shape index (κ2) is 5.27. The van der Waals surface area contributed by atoms with E-state index in [0.717, 1.165) is 22.3 Å². The van der Waals surface area contributed by atoms with Gasteiger partial charge in [-0.2, -0.15) is 0 Å². The Kier molecular flexibility index (Phi) is 3.12. The number of aromatic amines is 1. The van der Waals surface area contributed by atoms with Crippen LogP contribution in [-0.2, 0) is 10.8 Å². The summed E-state index contributed by atoms with van der Waals surface area (Å²) in [5.74, 6) is 0. The molecule has 0 saturated heterocycles. The molecule has 1 aromatic heterocycles. The van der Waals surface area contributed by atoms with Crippen LogP contribution in [0.15, 0.2) is 88.3 Å². The van der Waals surface area contributed by atoms with E-state index in [1.54, 1.807) is 0 Å². The van der Waals surface area contributed by atoms with Crippen molar-refractivity contribution in [2.45, 2.75) is 5.16 Å². The molecular formula is C17H13N3OS. The largest absolute Gasteiger partial charge is 0.360 e. The topological polar surface area (TPSA) is 57.8 Å². The van der Waals surface area contributed by atoms with E-state index in [-0.39, 0.29) is 0 Å². The molecule has 0 radical (unpaired) electrons. The predicted molar refractivity (Wildman–Crippen MR) is 88.2 cm³/mol. The van der Waals surface area contributed by atoms with Crippen LogP contribution in [0.25, 0.3) is 11.0 Å². The molecule has 0 saturated carbocycles. The van der Waals surface area contributed by atoms with Crippen LogP contribution in [0.3, 0.4) is 0 Å². The molecule has 22 heavy (non-hydrogen) atoms. The SMILES string of the molecule is O=S(C1=C2NC=CC=C2C=CC=C1)c1nc2ccccc2[nH]1. The summed E-state index contributed by atoms with van der Waals surface area (Å²) in [5, 5.41) is 3.65. The van der Waals surface area contributed by atoms with Crippen molar-refractivity contribution in [2.24, 2.45) is 0 Å². The first kappa shape index (κ1) is 13.0. The summed E-state index contributed by atoms with van der Waals surface area (Å²) in [6.45, 7) is 0. The number of rotatable bonds is 2. The van der Waals surface area contributed by atoms with Gasteiger partial charge >= 0.3 is 0 Å². The molecule has 4 nitrogen and oxygen atoms in total. The smallest absolute Gasteiger partial charge is 0.202 e. The van der Waals surface area contributed by atoms with Gasteiger partial charge in [-0.25, -0.2) is 9.19 Å². The highest BCUT2D eigenvalue weighted by atomic mass is 32.2. The highest BCUT2D eigenvalue weighted by Crippen LogP contribution is 2.26. The molecule has 2 aliphatic rings. The number of nitrogens with one attached hydrogen (secondary N) is 2. The van der Waals surface area contributed by atoms with E-state index in [9.17, 15) is 4.21 Å². The normalized spacial score (nSPS) is 17.9. The Bertz CT molecular complexity index is 895. The van der Waals surface area contributed by atoms with Gasteiger partial charge in [0.1, 0.15) is 10.8 Å². The molecule has 0 bridgehead atoms. The standard InChI is InChI=1S/C17H13N3OS/c21-22(17-19-13-8-2-3-9-14(13)20-17)15-10-4-1-6-12-7-5-11-18-16(12)15/h1-11,18H,(H,19,20). The minimum Gasteiger partial charge on any atom is -0.360 e. The van der Waals surface area contributed by atoms with Crippen LogP contribution in [0, 0.1) is 0 Å². The summed E-state index contributed by atoms with van der Waals surface area (Å²) in [7, 11) is -1.38. The van der Waals surface area contributed by atoms with Crippen LogP contribution >= 0.6 is 0 Å². The van der Waals surface area contributed by atoms with Gasteiger partial charge in [0.25, 0.3) is 0 Å². The van der Waals surface area contributed by atoms with Crippen LogP contribution < -0.4 is 5.32 Å². The van der Waals surface area contributed by atoms with E-state index < -0.39 is 10.8 Å². The number of para-hydroxylation sites is 2. The number of fused-ring (bicyclic) bond motifs is 2. The molecule has 1 unspecified atom stereocenters. The number of hydrogen-bond donors (Lipinski definition) is 2. The minimum absolute atomic E-state index is 0.464. The molecule has 2 aromatic rings. The number of H-pyrrole nitrogens is 1. The first-order valence-electron chi connectivity index (χ1n) is 6.92. The van der Waals surface area contributed by atoms with Crippen LogP contribution in [0.1, 0.15) is 0 Å². The van der Waals surface area contributed by atoms with Crippen LogP contribution in [0.5, 0.6) is 0 Å². The van der Waals surface area contributed by atoms with E-state index in [1.807, 2.05) is 66.9 Å². The predicted octanol–water partition coefficient (Wildman–Crippen LogP) is 3.05. The average Bonchev–Trinajstić information content (AvgIpc) is 2.87. The third-order valence-electron chi connectivity index (χ3n) is 3.51. The Morgan fingerprint density at radius 3 is 2.82 bits per heavy atom. The Morgan fingerprint density at radius 2 is 1.91 bits per heavy atom.